The Balaban J connectivity index is 2.01. The molecule has 1 aromatic carbocycles. The van der Waals surface area contributed by atoms with Crippen molar-refractivity contribution in [1.82, 2.24) is 9.97 Å². The minimum absolute atomic E-state index is 0.0302. The third kappa shape index (κ3) is 2.63. The zero-order valence-corrected chi connectivity index (χ0v) is 10.9. The normalized spacial score (nSPS) is 14.0. The lowest BCUT2D eigenvalue weighted by Gasteiger charge is -2.15. The van der Waals surface area contributed by atoms with Crippen molar-refractivity contribution in [3.05, 3.63) is 41.3 Å². The van der Waals surface area contributed by atoms with Crippen LogP contribution in [0.3, 0.4) is 0 Å². The summed E-state index contributed by atoms with van der Waals surface area (Å²) in [5.74, 6) is -0.114. The maximum absolute atomic E-state index is 13.0. The molecule has 4 nitrogen and oxygen atoms in total. The Morgan fingerprint density at radius 2 is 1.95 bits per heavy atom. The molecule has 2 aromatic rings. The van der Waals surface area contributed by atoms with Gasteiger partial charge >= 0.3 is 6.18 Å². The number of aryl methyl sites for hydroxylation is 1. The maximum atomic E-state index is 13.0. The molecule has 0 atom stereocenters. The van der Waals surface area contributed by atoms with Crippen molar-refractivity contribution in [3.8, 4) is 11.6 Å². The first kappa shape index (κ1) is 13.7. The number of anilines is 1. The fourth-order valence-electron chi connectivity index (χ4n) is 2.38. The third-order valence-corrected chi connectivity index (χ3v) is 3.35. The van der Waals surface area contributed by atoms with Gasteiger partial charge in [0.1, 0.15) is 17.6 Å². The van der Waals surface area contributed by atoms with Crippen LogP contribution in [-0.4, -0.2) is 9.97 Å². The Labute approximate surface area is 118 Å². The summed E-state index contributed by atoms with van der Waals surface area (Å²) >= 11 is 0. The van der Waals surface area contributed by atoms with Gasteiger partial charge in [0.15, 0.2) is 0 Å². The molecule has 0 bridgehead atoms. The minimum Gasteiger partial charge on any atom is -0.438 e. The van der Waals surface area contributed by atoms with Crippen LogP contribution in [0, 0.1) is 0 Å². The van der Waals surface area contributed by atoms with E-state index in [1.807, 2.05) is 0 Å². The zero-order chi connectivity index (χ0) is 15.0. The third-order valence-electron chi connectivity index (χ3n) is 3.35. The van der Waals surface area contributed by atoms with Gasteiger partial charge in [0.2, 0.25) is 5.88 Å². The van der Waals surface area contributed by atoms with Crippen molar-refractivity contribution in [1.29, 1.82) is 0 Å². The number of nitrogens with two attached hydrogens (primary N) is 1. The monoisotopic (exact) mass is 295 g/mol. The smallest absolute Gasteiger partial charge is 0.420 e. The first-order chi connectivity index (χ1) is 9.95. The Morgan fingerprint density at radius 3 is 2.71 bits per heavy atom. The molecule has 1 heterocycles. The Morgan fingerprint density at radius 1 is 1.14 bits per heavy atom. The summed E-state index contributed by atoms with van der Waals surface area (Å²) in [4.78, 5) is 8.07. The summed E-state index contributed by atoms with van der Waals surface area (Å²) in [7, 11) is 0. The van der Waals surface area contributed by atoms with E-state index in [1.54, 1.807) is 0 Å². The largest absolute Gasteiger partial charge is 0.438 e. The molecule has 0 amide bonds. The van der Waals surface area contributed by atoms with Crippen LogP contribution in [0.15, 0.2) is 24.5 Å². The molecule has 0 saturated heterocycles. The SMILES string of the molecule is Nc1ccc(Oc2ncnc3c2CCC3)c(C(F)(F)F)c1. The van der Waals surface area contributed by atoms with Crippen LogP contribution in [0.2, 0.25) is 0 Å². The van der Waals surface area contributed by atoms with Crippen molar-refractivity contribution in [3.63, 3.8) is 0 Å². The highest BCUT2D eigenvalue weighted by atomic mass is 19.4. The van der Waals surface area contributed by atoms with Crippen LogP contribution in [0.1, 0.15) is 23.2 Å². The van der Waals surface area contributed by atoms with Crippen LogP contribution in [0.5, 0.6) is 11.6 Å². The molecule has 1 aromatic heterocycles. The highest BCUT2D eigenvalue weighted by Gasteiger charge is 2.35. The van der Waals surface area contributed by atoms with Gasteiger partial charge in [0, 0.05) is 11.3 Å². The number of nitrogens with zero attached hydrogens (tertiary/aromatic N) is 2. The quantitative estimate of drug-likeness (QED) is 0.863. The van der Waals surface area contributed by atoms with Crippen LogP contribution >= 0.6 is 0 Å². The number of aromatic nitrogens is 2. The Hall–Kier alpha value is -2.31. The van der Waals surface area contributed by atoms with Crippen molar-refractivity contribution in [2.45, 2.75) is 25.4 Å². The second-order valence-corrected chi connectivity index (χ2v) is 4.81. The molecule has 1 aliphatic rings. The standard InChI is InChI=1S/C14H12F3N3O/c15-14(16,17)10-6-8(18)4-5-12(10)21-13-9-2-1-3-11(9)19-7-20-13/h4-7H,1-3,18H2. The molecule has 0 spiro atoms. The van der Waals surface area contributed by atoms with E-state index in [9.17, 15) is 13.2 Å². The number of benzene rings is 1. The van der Waals surface area contributed by atoms with E-state index < -0.39 is 11.7 Å². The Bertz CT molecular complexity index is 686. The van der Waals surface area contributed by atoms with E-state index in [0.29, 0.717) is 6.42 Å². The summed E-state index contributed by atoms with van der Waals surface area (Å²) in [6.07, 6.45) is -0.826. The summed E-state index contributed by atoms with van der Waals surface area (Å²) in [6.45, 7) is 0. The fraction of sp³-hybridized carbons (Fsp3) is 0.286. The number of rotatable bonds is 2. The highest BCUT2D eigenvalue weighted by Crippen LogP contribution is 2.40. The number of hydrogen-bond donors (Lipinski definition) is 1. The lowest BCUT2D eigenvalue weighted by molar-refractivity contribution is -0.138. The van der Waals surface area contributed by atoms with Crippen molar-refractivity contribution in [2.75, 3.05) is 5.73 Å². The number of fused-ring (bicyclic) bond motifs is 1. The number of hydrogen-bond acceptors (Lipinski definition) is 4. The molecule has 2 N–H and O–H groups in total. The molecule has 0 saturated carbocycles. The zero-order valence-electron chi connectivity index (χ0n) is 10.9. The van der Waals surface area contributed by atoms with E-state index >= 15 is 0 Å². The average molecular weight is 295 g/mol. The predicted octanol–water partition coefficient (Wildman–Crippen LogP) is 3.36. The minimum atomic E-state index is -4.54. The number of nitrogen functional groups attached to an aromatic ring is 1. The summed E-state index contributed by atoms with van der Waals surface area (Å²) in [5, 5.41) is 0. The molecule has 7 heteroatoms. The second-order valence-electron chi connectivity index (χ2n) is 4.81. The van der Waals surface area contributed by atoms with Gasteiger partial charge in [-0.2, -0.15) is 13.2 Å². The molecule has 0 unspecified atom stereocenters. The lowest BCUT2D eigenvalue weighted by Crippen LogP contribution is -2.09. The molecule has 0 aliphatic heterocycles. The number of ether oxygens (including phenoxy) is 1. The number of alkyl halides is 3. The molecular formula is C14H12F3N3O. The number of halogens is 3. The Kier molecular flexibility index (Phi) is 3.19. The van der Waals surface area contributed by atoms with E-state index in [4.69, 9.17) is 10.5 Å². The van der Waals surface area contributed by atoms with Crippen molar-refractivity contribution in [2.24, 2.45) is 0 Å². The van der Waals surface area contributed by atoms with E-state index in [1.165, 1.54) is 18.5 Å². The average Bonchev–Trinajstić information content (AvgIpc) is 2.89. The molecule has 0 fully saturated rings. The maximum Gasteiger partial charge on any atom is 0.420 e. The van der Waals surface area contributed by atoms with Gasteiger partial charge in [-0.25, -0.2) is 9.97 Å². The van der Waals surface area contributed by atoms with Crippen LogP contribution in [0.4, 0.5) is 18.9 Å². The van der Waals surface area contributed by atoms with Crippen LogP contribution in [-0.2, 0) is 19.0 Å². The van der Waals surface area contributed by atoms with E-state index in [0.717, 1.165) is 30.2 Å². The summed E-state index contributed by atoms with van der Waals surface area (Å²) in [6, 6.07) is 3.43. The molecular weight excluding hydrogens is 283 g/mol. The topological polar surface area (TPSA) is 61.0 Å². The van der Waals surface area contributed by atoms with Crippen LogP contribution in [0.25, 0.3) is 0 Å². The van der Waals surface area contributed by atoms with Gasteiger partial charge in [0.25, 0.3) is 0 Å². The molecule has 0 radical (unpaired) electrons. The summed E-state index contributed by atoms with van der Waals surface area (Å²) < 4.78 is 44.5. The predicted molar refractivity (Wildman–Crippen MR) is 70.0 cm³/mol. The first-order valence-electron chi connectivity index (χ1n) is 6.42. The lowest BCUT2D eigenvalue weighted by atomic mass is 10.1. The highest BCUT2D eigenvalue weighted by molar-refractivity contribution is 5.50. The molecule has 21 heavy (non-hydrogen) atoms. The van der Waals surface area contributed by atoms with Gasteiger partial charge in [-0.05, 0) is 37.5 Å². The van der Waals surface area contributed by atoms with E-state index in [2.05, 4.69) is 9.97 Å². The van der Waals surface area contributed by atoms with Gasteiger partial charge in [-0.1, -0.05) is 0 Å². The van der Waals surface area contributed by atoms with Crippen molar-refractivity contribution >= 4 is 5.69 Å². The van der Waals surface area contributed by atoms with Gasteiger partial charge in [-0.15, -0.1) is 0 Å². The second kappa shape index (κ2) is 4.91. The fourth-order valence-corrected chi connectivity index (χ4v) is 2.38. The summed E-state index contributed by atoms with van der Waals surface area (Å²) in [5.41, 5.74) is 6.16. The first-order valence-corrected chi connectivity index (χ1v) is 6.42. The van der Waals surface area contributed by atoms with Crippen molar-refractivity contribution < 1.29 is 17.9 Å². The van der Waals surface area contributed by atoms with E-state index in [-0.39, 0.29) is 17.3 Å². The van der Waals surface area contributed by atoms with Gasteiger partial charge < -0.3 is 10.5 Å². The molecule has 1 aliphatic carbocycles. The molecule has 110 valence electrons. The van der Waals surface area contributed by atoms with Crippen LogP contribution < -0.4 is 10.5 Å². The van der Waals surface area contributed by atoms with Gasteiger partial charge in [0.05, 0.1) is 5.69 Å². The molecule has 3 rings (SSSR count). The van der Waals surface area contributed by atoms with Gasteiger partial charge in [-0.3, -0.25) is 0 Å².